The maximum absolute atomic E-state index is 11.8. The number of fused-ring (bicyclic) bond motifs is 2. The summed E-state index contributed by atoms with van der Waals surface area (Å²) in [5.41, 5.74) is 9.04. The van der Waals surface area contributed by atoms with Crippen LogP contribution in [0.5, 0.6) is 0 Å². The Bertz CT molecular complexity index is 1710. The van der Waals surface area contributed by atoms with Crippen LogP contribution in [0.15, 0.2) is 48.7 Å². The number of thiazole rings is 1. The Morgan fingerprint density at radius 1 is 1.13 bits per heavy atom. The monoisotopic (exact) mass is 543 g/mol. The fourth-order valence-electron chi connectivity index (χ4n) is 5.36. The van der Waals surface area contributed by atoms with Crippen LogP contribution in [0, 0.1) is 13.8 Å². The lowest BCUT2D eigenvalue weighted by atomic mass is 9.93. The van der Waals surface area contributed by atoms with Crippen molar-refractivity contribution in [2.45, 2.75) is 33.2 Å². The van der Waals surface area contributed by atoms with E-state index in [1.807, 2.05) is 61.2 Å². The van der Waals surface area contributed by atoms with Gasteiger partial charge in [0.25, 0.3) is 0 Å². The normalized spacial score (nSPS) is 13.2. The number of carbonyl (C=O) groups is 1. The van der Waals surface area contributed by atoms with Gasteiger partial charge in [-0.2, -0.15) is 5.10 Å². The molecular formula is C29H26ClN5O2S. The molecule has 6 rings (SSSR count). The first-order valence-corrected chi connectivity index (χ1v) is 13.6. The molecule has 0 unspecified atom stereocenters. The number of nitrogens with zero attached hydrogens (tertiary/aromatic N) is 5. The first-order valence-electron chi connectivity index (χ1n) is 12.4. The number of anilines is 1. The van der Waals surface area contributed by atoms with Crippen LogP contribution in [0.1, 0.15) is 28.1 Å². The molecule has 0 saturated heterocycles. The van der Waals surface area contributed by atoms with Gasteiger partial charge in [0.15, 0.2) is 0 Å². The molecule has 0 spiro atoms. The first-order chi connectivity index (χ1) is 18.3. The van der Waals surface area contributed by atoms with Gasteiger partial charge in [-0.25, -0.2) is 9.97 Å². The van der Waals surface area contributed by atoms with Crippen molar-refractivity contribution in [3.8, 4) is 21.7 Å². The van der Waals surface area contributed by atoms with E-state index in [2.05, 4.69) is 28.0 Å². The SMILES string of the molecule is Cc1cc2nc(-c3ccnc(N4CCc5c(c(C)nn5C)C4)c3)sc2c(-c2ccc(Cl)cc2)c1CC(=O)O. The molecule has 0 atom stereocenters. The minimum absolute atomic E-state index is 0.0585. The largest absolute Gasteiger partial charge is 0.481 e. The zero-order chi connectivity index (χ0) is 26.6. The molecule has 0 amide bonds. The number of rotatable bonds is 5. The summed E-state index contributed by atoms with van der Waals surface area (Å²) in [4.78, 5) is 23.7. The van der Waals surface area contributed by atoms with Gasteiger partial charge in [-0.05, 0) is 60.9 Å². The third-order valence-corrected chi connectivity index (χ3v) is 8.62. The predicted octanol–water partition coefficient (Wildman–Crippen LogP) is 6.22. The summed E-state index contributed by atoms with van der Waals surface area (Å²) in [5, 5.41) is 15.8. The van der Waals surface area contributed by atoms with Gasteiger partial charge in [0.1, 0.15) is 10.8 Å². The summed E-state index contributed by atoms with van der Waals surface area (Å²) in [6, 6.07) is 13.6. The van der Waals surface area contributed by atoms with Gasteiger partial charge in [0.2, 0.25) is 0 Å². The molecule has 0 fully saturated rings. The number of benzene rings is 2. The molecule has 0 bridgehead atoms. The van der Waals surface area contributed by atoms with Crippen LogP contribution >= 0.6 is 22.9 Å². The zero-order valence-electron chi connectivity index (χ0n) is 21.3. The lowest BCUT2D eigenvalue weighted by molar-refractivity contribution is -0.136. The summed E-state index contributed by atoms with van der Waals surface area (Å²) in [6.07, 6.45) is 2.70. The average Bonchev–Trinajstić information content (AvgIpc) is 3.45. The second-order valence-corrected chi connectivity index (χ2v) is 11.1. The highest BCUT2D eigenvalue weighted by atomic mass is 35.5. The number of aryl methyl sites for hydroxylation is 3. The highest BCUT2D eigenvalue weighted by Gasteiger charge is 2.24. The van der Waals surface area contributed by atoms with E-state index in [4.69, 9.17) is 16.6 Å². The van der Waals surface area contributed by atoms with E-state index in [0.717, 1.165) is 74.1 Å². The number of pyridine rings is 1. The third-order valence-electron chi connectivity index (χ3n) is 7.23. The average molecular weight is 544 g/mol. The Labute approximate surface area is 229 Å². The Balaban J connectivity index is 1.43. The number of carboxylic acids is 1. The van der Waals surface area contributed by atoms with E-state index >= 15 is 0 Å². The number of carboxylic acid groups (broad SMARTS) is 1. The molecule has 192 valence electrons. The standard InChI is InChI=1S/C29H26ClN5O2S/c1-16-12-23-28(27(21(16)14-26(36)37)18-4-6-20(30)7-5-18)38-29(32-23)19-8-10-31-25(13-19)35-11-9-24-22(15-35)17(2)33-34(24)3/h4-8,10,12-13H,9,11,14-15H2,1-3H3,(H,36,37). The van der Waals surface area contributed by atoms with Crippen LogP contribution in [0.2, 0.25) is 5.02 Å². The quantitative estimate of drug-likeness (QED) is 0.283. The maximum atomic E-state index is 11.8. The lowest BCUT2D eigenvalue weighted by Crippen LogP contribution is -2.31. The highest BCUT2D eigenvalue weighted by Crippen LogP contribution is 2.41. The Morgan fingerprint density at radius 3 is 2.68 bits per heavy atom. The topological polar surface area (TPSA) is 84.1 Å². The number of aromatic nitrogens is 4. The number of halogens is 1. The molecule has 1 aliphatic heterocycles. The molecule has 9 heteroatoms. The summed E-state index contributed by atoms with van der Waals surface area (Å²) in [6.45, 7) is 5.67. The fraction of sp³-hybridized carbons (Fsp3) is 0.241. The first kappa shape index (κ1) is 24.6. The van der Waals surface area contributed by atoms with Crippen LogP contribution in [0.25, 0.3) is 31.9 Å². The highest BCUT2D eigenvalue weighted by molar-refractivity contribution is 7.22. The minimum atomic E-state index is -0.861. The summed E-state index contributed by atoms with van der Waals surface area (Å²) in [7, 11) is 2.01. The van der Waals surface area contributed by atoms with Gasteiger partial charge in [-0.1, -0.05) is 23.7 Å². The minimum Gasteiger partial charge on any atom is -0.481 e. The number of hydrogen-bond donors (Lipinski definition) is 1. The molecule has 5 aromatic rings. The van der Waals surface area contributed by atoms with Crippen molar-refractivity contribution >= 4 is 44.9 Å². The van der Waals surface area contributed by atoms with Crippen LogP contribution in [0.4, 0.5) is 5.82 Å². The van der Waals surface area contributed by atoms with E-state index in [0.29, 0.717) is 5.02 Å². The molecular weight excluding hydrogens is 518 g/mol. The molecule has 0 radical (unpaired) electrons. The van der Waals surface area contributed by atoms with Gasteiger partial charge < -0.3 is 10.0 Å². The van der Waals surface area contributed by atoms with Crippen LogP contribution in [0.3, 0.4) is 0 Å². The molecule has 1 aliphatic rings. The Hall–Kier alpha value is -3.75. The number of aliphatic carboxylic acids is 1. The van der Waals surface area contributed by atoms with E-state index in [1.165, 1.54) is 11.3 Å². The van der Waals surface area contributed by atoms with Gasteiger partial charge in [-0.15, -0.1) is 11.3 Å². The second-order valence-electron chi connectivity index (χ2n) is 9.70. The van der Waals surface area contributed by atoms with Gasteiger partial charge >= 0.3 is 5.97 Å². The van der Waals surface area contributed by atoms with Gasteiger partial charge in [-0.3, -0.25) is 9.48 Å². The molecule has 3 aromatic heterocycles. The van der Waals surface area contributed by atoms with Crippen molar-refractivity contribution in [3.05, 3.63) is 81.8 Å². The Morgan fingerprint density at radius 2 is 1.92 bits per heavy atom. The van der Waals surface area contributed by atoms with Crippen molar-refractivity contribution in [1.82, 2.24) is 19.7 Å². The van der Waals surface area contributed by atoms with E-state index in [1.54, 1.807) is 11.3 Å². The molecule has 7 nitrogen and oxygen atoms in total. The molecule has 2 aromatic carbocycles. The summed E-state index contributed by atoms with van der Waals surface area (Å²) < 4.78 is 2.96. The third kappa shape index (κ3) is 4.33. The Kier molecular flexibility index (Phi) is 6.16. The lowest BCUT2D eigenvalue weighted by Gasteiger charge is -2.28. The van der Waals surface area contributed by atoms with E-state index < -0.39 is 5.97 Å². The van der Waals surface area contributed by atoms with Crippen LogP contribution in [-0.4, -0.2) is 37.4 Å². The second kappa shape index (κ2) is 9.53. The van der Waals surface area contributed by atoms with Crippen molar-refractivity contribution in [1.29, 1.82) is 0 Å². The fourth-order valence-corrected chi connectivity index (χ4v) is 6.62. The van der Waals surface area contributed by atoms with Crippen molar-refractivity contribution in [2.75, 3.05) is 11.4 Å². The zero-order valence-corrected chi connectivity index (χ0v) is 22.9. The number of hydrogen-bond acceptors (Lipinski definition) is 6. The molecule has 0 aliphatic carbocycles. The van der Waals surface area contributed by atoms with Crippen LogP contribution < -0.4 is 4.90 Å². The van der Waals surface area contributed by atoms with Gasteiger partial charge in [0, 0.05) is 60.2 Å². The van der Waals surface area contributed by atoms with E-state index in [9.17, 15) is 9.90 Å². The van der Waals surface area contributed by atoms with E-state index in [-0.39, 0.29) is 6.42 Å². The van der Waals surface area contributed by atoms with Gasteiger partial charge in [0.05, 0.1) is 22.3 Å². The molecule has 0 saturated carbocycles. The summed E-state index contributed by atoms with van der Waals surface area (Å²) in [5.74, 6) is 0.0519. The molecule has 38 heavy (non-hydrogen) atoms. The van der Waals surface area contributed by atoms with Crippen molar-refractivity contribution in [2.24, 2.45) is 7.05 Å². The maximum Gasteiger partial charge on any atom is 0.307 e. The summed E-state index contributed by atoms with van der Waals surface area (Å²) >= 11 is 7.73. The van der Waals surface area contributed by atoms with Crippen molar-refractivity contribution < 1.29 is 9.90 Å². The van der Waals surface area contributed by atoms with Crippen LogP contribution in [-0.2, 0) is 31.2 Å². The van der Waals surface area contributed by atoms with Crippen molar-refractivity contribution in [3.63, 3.8) is 0 Å². The molecule has 4 heterocycles. The smallest absolute Gasteiger partial charge is 0.307 e. The molecule has 1 N–H and O–H groups in total. The predicted molar refractivity (Wildman–Crippen MR) is 152 cm³/mol.